The number of rotatable bonds is 5. The van der Waals surface area contributed by atoms with Gasteiger partial charge in [-0.05, 0) is 6.92 Å². The molecule has 3 saturated heterocycles. The van der Waals surface area contributed by atoms with E-state index in [1.54, 1.807) is 6.92 Å². The minimum atomic E-state index is -1.33. The highest BCUT2D eigenvalue weighted by Gasteiger charge is 2.65. The maximum absolute atomic E-state index is 12.1. The zero-order chi connectivity index (χ0) is 20.2. The van der Waals surface area contributed by atoms with Gasteiger partial charge in [0.1, 0.15) is 36.1 Å². The number of fused-ring (bicyclic) bond motifs is 2. The maximum atomic E-state index is 12.1. The van der Waals surface area contributed by atoms with Crippen LogP contribution < -0.4 is 17.0 Å². The number of H-pyrrole nitrogens is 1. The van der Waals surface area contributed by atoms with Gasteiger partial charge in [-0.25, -0.2) is 4.79 Å². The Balaban J connectivity index is 1.54. The van der Waals surface area contributed by atoms with Crippen molar-refractivity contribution >= 4 is 0 Å². The summed E-state index contributed by atoms with van der Waals surface area (Å²) in [5.41, 5.74) is 2.90. The van der Waals surface area contributed by atoms with Gasteiger partial charge < -0.3 is 40.0 Å². The van der Waals surface area contributed by atoms with E-state index in [-0.39, 0.29) is 13.2 Å². The fourth-order valence-electron chi connectivity index (χ4n) is 3.95. The summed E-state index contributed by atoms with van der Waals surface area (Å²) in [5.74, 6) is 0. The van der Waals surface area contributed by atoms with Gasteiger partial charge in [-0.2, -0.15) is 0 Å². The molecule has 0 spiro atoms. The summed E-state index contributed by atoms with van der Waals surface area (Å²) in [5, 5.41) is 30.8. The first-order valence-electron chi connectivity index (χ1n) is 8.94. The van der Waals surface area contributed by atoms with E-state index in [9.17, 15) is 24.9 Å². The smallest absolute Gasteiger partial charge is 0.330 e. The van der Waals surface area contributed by atoms with Crippen molar-refractivity contribution in [2.75, 3.05) is 13.2 Å². The molecule has 1 aromatic rings. The van der Waals surface area contributed by atoms with Gasteiger partial charge in [0, 0.05) is 18.8 Å². The SMILES string of the molecule is C[C@H](O[C@@H]1O[C@H](CN)[C@H](O)[C@@H]1O)[C@@]12CO[C@@H]([C@H](n3ccc(=O)[nH]c3=O)O1)[C@H]2O. The molecule has 0 amide bonds. The van der Waals surface area contributed by atoms with Crippen molar-refractivity contribution in [3.05, 3.63) is 33.1 Å². The molecule has 0 saturated carbocycles. The molecule has 3 fully saturated rings. The quantitative estimate of drug-likeness (QED) is 0.331. The lowest BCUT2D eigenvalue weighted by atomic mass is 9.93. The first kappa shape index (κ1) is 19.7. The standard InChI is InChI=1S/C16H23N3O9/c1-6(26-14-10(22)9(21)7(4-17)27-14)16-5-25-11(12(16)23)13(28-16)19-3-2-8(20)18-15(19)24/h2-3,6-7,9-14,21-23H,4-5,17H2,1H3,(H,18,20,24)/t6-,7+,9-,10-,11+,12+,13+,14+,16+/m0/s1. The Morgan fingerprint density at radius 2 is 2.14 bits per heavy atom. The number of aliphatic hydroxyl groups is 3. The van der Waals surface area contributed by atoms with Crippen LogP contribution in [-0.4, -0.2) is 86.5 Å². The lowest BCUT2D eigenvalue weighted by molar-refractivity contribution is -0.261. The molecule has 12 heteroatoms. The third kappa shape index (κ3) is 2.84. The first-order valence-corrected chi connectivity index (χ1v) is 8.94. The number of aromatic amines is 1. The third-order valence-electron chi connectivity index (χ3n) is 5.64. The number of hydrogen-bond donors (Lipinski definition) is 5. The van der Waals surface area contributed by atoms with E-state index in [4.69, 9.17) is 24.7 Å². The van der Waals surface area contributed by atoms with E-state index in [1.807, 2.05) is 0 Å². The lowest BCUT2D eigenvalue weighted by Crippen LogP contribution is -2.53. The minimum absolute atomic E-state index is 0.000872. The zero-order valence-electron chi connectivity index (χ0n) is 15.0. The Labute approximate surface area is 158 Å². The van der Waals surface area contributed by atoms with Crippen LogP contribution in [0.25, 0.3) is 0 Å². The second kappa shape index (κ2) is 7.00. The molecule has 0 unspecified atom stereocenters. The Kier molecular flexibility index (Phi) is 4.92. The summed E-state index contributed by atoms with van der Waals surface area (Å²) in [6.07, 6.45) is -7.01. The molecule has 3 aliphatic rings. The number of nitrogens with zero attached hydrogens (tertiary/aromatic N) is 1. The second-order valence-corrected chi connectivity index (χ2v) is 7.24. The van der Waals surface area contributed by atoms with Crippen LogP contribution in [0.15, 0.2) is 21.9 Å². The Hall–Kier alpha value is -1.64. The molecule has 0 aliphatic carbocycles. The molecule has 12 nitrogen and oxygen atoms in total. The van der Waals surface area contributed by atoms with Crippen LogP contribution >= 0.6 is 0 Å². The van der Waals surface area contributed by atoms with Crippen LogP contribution in [0.3, 0.4) is 0 Å². The van der Waals surface area contributed by atoms with E-state index >= 15 is 0 Å². The normalized spacial score (nSPS) is 43.5. The first-order chi connectivity index (χ1) is 13.3. The van der Waals surface area contributed by atoms with Crippen molar-refractivity contribution in [2.45, 2.75) is 61.7 Å². The third-order valence-corrected chi connectivity index (χ3v) is 5.64. The summed E-state index contributed by atoms with van der Waals surface area (Å²) in [6.45, 7) is 1.59. The van der Waals surface area contributed by atoms with Crippen LogP contribution in [-0.2, 0) is 18.9 Å². The number of aromatic nitrogens is 2. The predicted octanol–water partition coefficient (Wildman–Crippen LogP) is -3.63. The molecule has 28 heavy (non-hydrogen) atoms. The maximum Gasteiger partial charge on any atom is 0.330 e. The minimum Gasteiger partial charge on any atom is -0.387 e. The molecule has 156 valence electrons. The molecular formula is C16H23N3O9. The number of nitrogens with one attached hydrogen (secondary N) is 1. The summed E-state index contributed by atoms with van der Waals surface area (Å²) in [7, 11) is 0. The van der Waals surface area contributed by atoms with Gasteiger partial charge in [0.15, 0.2) is 12.5 Å². The second-order valence-electron chi connectivity index (χ2n) is 7.24. The molecular weight excluding hydrogens is 378 g/mol. The van der Waals surface area contributed by atoms with Gasteiger partial charge in [0.05, 0.1) is 12.7 Å². The van der Waals surface area contributed by atoms with E-state index in [2.05, 4.69) is 4.98 Å². The number of nitrogens with two attached hydrogens (primary N) is 1. The number of hydrogen-bond acceptors (Lipinski definition) is 10. The fraction of sp³-hybridized carbons (Fsp3) is 0.750. The Morgan fingerprint density at radius 3 is 2.79 bits per heavy atom. The zero-order valence-corrected chi connectivity index (χ0v) is 15.0. The number of aliphatic hydroxyl groups excluding tert-OH is 3. The average Bonchev–Trinajstić information content (AvgIpc) is 3.24. The summed E-state index contributed by atoms with van der Waals surface area (Å²) >= 11 is 0. The van der Waals surface area contributed by atoms with Crippen molar-refractivity contribution in [2.24, 2.45) is 5.73 Å². The highest BCUT2D eigenvalue weighted by Crippen LogP contribution is 2.47. The van der Waals surface area contributed by atoms with E-state index in [0.29, 0.717) is 0 Å². The molecule has 3 aliphatic heterocycles. The molecule has 0 radical (unpaired) electrons. The fourth-order valence-corrected chi connectivity index (χ4v) is 3.95. The van der Waals surface area contributed by atoms with E-state index < -0.39 is 66.0 Å². The van der Waals surface area contributed by atoms with Crippen molar-refractivity contribution in [1.29, 1.82) is 0 Å². The average molecular weight is 401 g/mol. The van der Waals surface area contributed by atoms with Gasteiger partial charge in [0.2, 0.25) is 0 Å². The Bertz CT molecular complexity index is 843. The van der Waals surface area contributed by atoms with Gasteiger partial charge in [-0.15, -0.1) is 0 Å². The van der Waals surface area contributed by atoms with Gasteiger partial charge in [-0.3, -0.25) is 14.3 Å². The molecule has 4 rings (SSSR count). The predicted molar refractivity (Wildman–Crippen MR) is 90.2 cm³/mol. The lowest BCUT2D eigenvalue weighted by Gasteiger charge is -2.37. The summed E-state index contributed by atoms with van der Waals surface area (Å²) in [4.78, 5) is 25.5. The van der Waals surface area contributed by atoms with Crippen molar-refractivity contribution in [3.8, 4) is 0 Å². The van der Waals surface area contributed by atoms with E-state index in [1.165, 1.54) is 6.20 Å². The number of ether oxygens (including phenoxy) is 4. The van der Waals surface area contributed by atoms with E-state index in [0.717, 1.165) is 10.6 Å². The molecule has 6 N–H and O–H groups in total. The van der Waals surface area contributed by atoms with Crippen LogP contribution in [0.1, 0.15) is 13.2 Å². The highest BCUT2D eigenvalue weighted by atomic mass is 16.7. The monoisotopic (exact) mass is 401 g/mol. The van der Waals surface area contributed by atoms with Gasteiger partial charge in [0.25, 0.3) is 5.56 Å². The van der Waals surface area contributed by atoms with Crippen LogP contribution in [0.5, 0.6) is 0 Å². The highest BCUT2D eigenvalue weighted by molar-refractivity contribution is 5.10. The van der Waals surface area contributed by atoms with Gasteiger partial charge in [-0.1, -0.05) is 0 Å². The molecule has 4 heterocycles. The molecule has 0 aromatic carbocycles. The largest absolute Gasteiger partial charge is 0.387 e. The van der Waals surface area contributed by atoms with Gasteiger partial charge >= 0.3 is 5.69 Å². The van der Waals surface area contributed by atoms with Crippen LogP contribution in [0.4, 0.5) is 0 Å². The summed E-state index contributed by atoms with van der Waals surface area (Å²) in [6, 6.07) is 1.16. The van der Waals surface area contributed by atoms with Crippen LogP contribution in [0, 0.1) is 0 Å². The molecule has 2 bridgehead atoms. The molecule has 1 aromatic heterocycles. The molecule has 9 atom stereocenters. The van der Waals surface area contributed by atoms with Crippen molar-refractivity contribution in [1.82, 2.24) is 9.55 Å². The Morgan fingerprint density at radius 1 is 1.39 bits per heavy atom. The van der Waals surface area contributed by atoms with Crippen LogP contribution in [0.2, 0.25) is 0 Å². The topological polar surface area (TPSA) is 178 Å². The summed E-state index contributed by atoms with van der Waals surface area (Å²) < 4.78 is 23.9. The van der Waals surface area contributed by atoms with Crippen molar-refractivity contribution < 1.29 is 34.3 Å². The van der Waals surface area contributed by atoms with Crippen molar-refractivity contribution in [3.63, 3.8) is 0 Å².